The van der Waals surface area contributed by atoms with E-state index in [1.807, 2.05) is 69.5 Å². The molecule has 21 rings (SSSR count). The van der Waals surface area contributed by atoms with Crippen molar-refractivity contribution in [1.82, 2.24) is 45.1 Å². The number of hydrogen-bond donors (Lipinski definition) is 3. The highest BCUT2D eigenvalue weighted by atomic mass is 128. The summed E-state index contributed by atoms with van der Waals surface area (Å²) < 4.78 is 56.6. The second-order valence-electron chi connectivity index (χ2n) is 35.2. The molecule has 6 atom stereocenters. The number of rotatable bonds is 27. The van der Waals surface area contributed by atoms with Gasteiger partial charge in [-0.05, 0) is 159 Å². The minimum absolute atomic E-state index is 0.0283. The fourth-order valence-corrected chi connectivity index (χ4v) is 23.1. The predicted octanol–water partition coefficient (Wildman–Crippen LogP) is 22.1. The molecule has 0 unspecified atom stereocenters. The normalized spacial score (nSPS) is 20.1. The first kappa shape index (κ1) is 95.1. The molecule has 12 aromatic rings. The predicted molar refractivity (Wildman–Crippen MR) is 529 cm³/mol. The van der Waals surface area contributed by atoms with Gasteiger partial charge in [-0.25, -0.2) is 29.3 Å². The number of hydrogen-bond acceptors (Lipinski definition) is 27. The smallest absolute Gasteiger partial charge is 0.335 e. The summed E-state index contributed by atoms with van der Waals surface area (Å²) in [4.78, 5) is 89.6. The van der Waals surface area contributed by atoms with Crippen LogP contribution < -0.4 is 28.9 Å². The van der Waals surface area contributed by atoms with E-state index in [2.05, 4.69) is 72.3 Å². The molecular weight excluding hydrogens is 2120 g/mol. The molecule has 3 saturated carbocycles. The Morgan fingerprint density at radius 1 is 0.429 bits per heavy atom. The second-order valence-corrected chi connectivity index (χ2v) is 40.7. The van der Waals surface area contributed by atoms with Gasteiger partial charge < -0.3 is 81.8 Å². The van der Waals surface area contributed by atoms with E-state index in [0.717, 1.165) is 135 Å². The molecule has 0 spiro atoms. The van der Waals surface area contributed by atoms with Gasteiger partial charge in [0.25, 0.3) is 11.8 Å². The van der Waals surface area contributed by atoms with Crippen LogP contribution in [-0.2, 0) is 43.6 Å². The molecule has 3 aliphatic carbocycles. The van der Waals surface area contributed by atoms with E-state index in [-0.39, 0.29) is 90.1 Å². The molecule has 6 aromatic carbocycles. The molecule has 2 amide bonds. The number of carbonyl (C=O) groups excluding carboxylic acids is 2. The average Bonchev–Trinajstić information content (AvgIpc) is 1.62. The molecule has 0 radical (unpaired) electrons. The van der Waals surface area contributed by atoms with E-state index in [1.165, 1.54) is 46.1 Å². The number of benzene rings is 6. The minimum Gasteiger partial charge on any atom is -0.489 e. The third-order valence-corrected chi connectivity index (χ3v) is 29.9. The van der Waals surface area contributed by atoms with Crippen LogP contribution in [0, 0.1) is 0 Å². The first-order valence-electron chi connectivity index (χ1n) is 44.0. The van der Waals surface area contributed by atoms with Crippen LogP contribution in [0.15, 0.2) is 105 Å². The number of thiazole rings is 3. The number of nitrogens with zero attached hydrogens (tertiary/aromatic N) is 12. The van der Waals surface area contributed by atoms with Crippen LogP contribution in [-0.4, -0.2) is 210 Å². The highest BCUT2D eigenvalue weighted by molar-refractivity contribution is 15.0. The van der Waals surface area contributed by atoms with Crippen molar-refractivity contribution in [2.24, 2.45) is 0 Å². The van der Waals surface area contributed by atoms with Gasteiger partial charge in [0, 0.05) is 173 Å². The van der Waals surface area contributed by atoms with Crippen LogP contribution in [0.2, 0.25) is 30.1 Å². The van der Waals surface area contributed by atoms with Crippen LogP contribution in [0.25, 0.3) is 64.4 Å². The molecule has 133 heavy (non-hydrogen) atoms. The Labute approximate surface area is 830 Å². The number of halogens is 8. The van der Waals surface area contributed by atoms with E-state index in [1.54, 1.807) is 60.7 Å². The SMILES string of the molecule is CC(C)Oc1cc(C(=O)O)cc2sc(N3CCN4C(=O)[C@@H](OCc5c(-c6c(Cl)cccc6Cl)noc5C5CC5)C[C@H]4C3)nc12.CC(C)Oc1cc(C(=O)O)cc2sc(N3CCN4C(=O)[C@@H](OCc5c(-c6c(Cl)cccc6Cl)noc5C5CC5)C[C@H]4C3)nc12.CC(C)Oc1cc(C(=O)O)cc2sc(N3CCN4C[C@@H](OCc5c(-c6c(Cl)cccc6Cl)noc5C5CC5)C[C@H]4C3)nc12.II. The van der Waals surface area contributed by atoms with Gasteiger partial charge in [0.05, 0.1) is 117 Å². The molecule has 12 heterocycles. The van der Waals surface area contributed by atoms with Crippen molar-refractivity contribution in [3.05, 3.63) is 172 Å². The number of ether oxygens (including phenoxy) is 6. The topological polar surface area (TPSA) is 338 Å². The number of carbonyl (C=O) groups is 5. The van der Waals surface area contributed by atoms with Crippen LogP contribution in [0.3, 0.4) is 0 Å². The number of amides is 2. The molecule has 9 aliphatic rings. The van der Waals surface area contributed by atoms with Gasteiger partial charge in [-0.3, -0.25) is 14.5 Å². The maximum Gasteiger partial charge on any atom is 0.335 e. The highest BCUT2D eigenvalue weighted by Crippen LogP contribution is 2.52. The largest absolute Gasteiger partial charge is 0.489 e. The molecular formula is C93H92Cl6I2N12O17S3. The Morgan fingerprint density at radius 2 is 0.737 bits per heavy atom. The summed E-state index contributed by atoms with van der Waals surface area (Å²) >= 11 is 47.7. The first-order chi connectivity index (χ1) is 64.1. The molecule has 29 nitrogen and oxygen atoms in total. The zero-order valence-corrected chi connectivity index (χ0v) is 84.1. The van der Waals surface area contributed by atoms with Crippen molar-refractivity contribution < 1.29 is 81.3 Å². The second kappa shape index (κ2) is 40.5. The molecule has 3 N–H and O–H groups in total. The fraction of sp³-hybridized carbons (Fsp3) is 0.430. The van der Waals surface area contributed by atoms with Gasteiger partial charge in [-0.1, -0.05) is 137 Å². The lowest BCUT2D eigenvalue weighted by atomic mass is 10.0. The Bertz CT molecular complexity index is 6120. The van der Waals surface area contributed by atoms with Crippen molar-refractivity contribution in [1.29, 1.82) is 0 Å². The van der Waals surface area contributed by atoms with Crippen LogP contribution in [0.4, 0.5) is 15.4 Å². The summed E-state index contributed by atoms with van der Waals surface area (Å²) in [6.07, 6.45) is 6.72. The number of aromatic nitrogens is 6. The molecule has 700 valence electrons. The zero-order chi connectivity index (χ0) is 93.2. The van der Waals surface area contributed by atoms with Crippen molar-refractivity contribution >= 4 is 217 Å². The Balaban J connectivity index is 0.000000132. The number of carboxylic acid groups (broad SMARTS) is 3. The minimum atomic E-state index is -1.02. The van der Waals surface area contributed by atoms with E-state index in [0.29, 0.717) is 168 Å². The lowest BCUT2D eigenvalue weighted by Gasteiger charge is -2.37. The van der Waals surface area contributed by atoms with Gasteiger partial charge in [0.2, 0.25) is 0 Å². The average molecular weight is 2210 g/mol. The van der Waals surface area contributed by atoms with Crippen molar-refractivity contribution in [2.45, 2.75) is 192 Å². The number of piperazine rings is 3. The third-order valence-electron chi connectivity index (χ3n) is 24.8. The standard InChI is InChI=1S/2C31H30Cl2N4O6S.C31H32Cl2N4O5S.I2/c2*1-15(2)42-22-10-17(30(39)40)11-24-27(22)34-31(44-24)36-8-9-37-18(13-36)12-23(29(37)38)41-14-19-26(35-43-28(19)16-6-7-16)25-20(32)4-3-5-21(25)33;1-16(2)41-24-10-18(30(38)39)11-25-28(24)34-31(43-25)37-9-8-36-14-20(12-19(36)13-37)40-15-21-27(35-42-29(21)17-6-7-17)26-22(32)4-3-5-23(26)33;1-2/h2*3-5,10-11,15-16,18,23H,6-9,12-14H2,1-2H3,(H,39,40);3-5,10-11,16-17,19-20H,6-9,12-15H2,1-2H3,(H,38,39);/t2*18-,23-;19-,20-;/m000./s1. The maximum absolute atomic E-state index is 13.4. The molecule has 6 aromatic heterocycles. The monoisotopic (exact) mass is 2210 g/mol. The maximum atomic E-state index is 13.4. The number of aromatic carboxylic acids is 3. The van der Waals surface area contributed by atoms with Crippen molar-refractivity contribution in [3.8, 4) is 51.0 Å². The quantitative estimate of drug-likeness (QED) is 0.0403. The summed E-state index contributed by atoms with van der Waals surface area (Å²) in [5.74, 6) is 1.71. The molecule has 6 aliphatic heterocycles. The zero-order valence-electron chi connectivity index (χ0n) is 72.8. The number of fused-ring (bicyclic) bond motifs is 6. The molecule has 40 heteroatoms. The van der Waals surface area contributed by atoms with Gasteiger partial charge in [0.1, 0.15) is 80.4 Å². The van der Waals surface area contributed by atoms with E-state index in [4.69, 9.17) is 127 Å². The Hall–Kier alpha value is -8.19. The lowest BCUT2D eigenvalue weighted by Crippen LogP contribution is -2.51. The fourth-order valence-electron chi connectivity index (χ4n) is 18.2. The molecule has 6 saturated heterocycles. The van der Waals surface area contributed by atoms with Gasteiger partial charge >= 0.3 is 17.9 Å². The Kier molecular flexibility index (Phi) is 28.9. The van der Waals surface area contributed by atoms with Gasteiger partial charge in [-0.15, -0.1) is 0 Å². The first-order valence-corrected chi connectivity index (χ1v) is 55.0. The summed E-state index contributed by atoms with van der Waals surface area (Å²) in [6, 6.07) is 25.9. The van der Waals surface area contributed by atoms with Gasteiger partial charge in [-0.2, -0.15) is 0 Å². The van der Waals surface area contributed by atoms with Crippen LogP contribution >= 0.6 is 141 Å². The van der Waals surface area contributed by atoms with E-state index < -0.39 is 30.1 Å². The van der Waals surface area contributed by atoms with Crippen molar-refractivity contribution in [3.63, 3.8) is 0 Å². The summed E-state index contributed by atoms with van der Waals surface area (Å²) in [5.41, 5.74) is 8.71. The molecule has 0 bridgehead atoms. The summed E-state index contributed by atoms with van der Waals surface area (Å²) in [7, 11) is 0. The van der Waals surface area contributed by atoms with Crippen LogP contribution in [0.1, 0.15) is 182 Å². The lowest BCUT2D eigenvalue weighted by molar-refractivity contribution is -0.139. The Morgan fingerprint density at radius 3 is 1.05 bits per heavy atom. The van der Waals surface area contributed by atoms with Crippen LogP contribution in [0.5, 0.6) is 17.2 Å². The van der Waals surface area contributed by atoms with E-state index >= 15 is 0 Å². The summed E-state index contributed by atoms with van der Waals surface area (Å²) in [6.45, 7) is 19.0. The van der Waals surface area contributed by atoms with Crippen molar-refractivity contribution in [2.75, 3.05) is 80.1 Å². The summed E-state index contributed by atoms with van der Waals surface area (Å²) in [5, 5.41) is 47.3. The highest BCUT2D eigenvalue weighted by Gasteiger charge is 2.48. The van der Waals surface area contributed by atoms with E-state index in [9.17, 15) is 39.3 Å². The number of carboxylic acids is 3. The van der Waals surface area contributed by atoms with Gasteiger partial charge in [0.15, 0.2) is 15.4 Å². The third kappa shape index (κ3) is 20.4. The number of anilines is 3. The molecule has 9 fully saturated rings.